The van der Waals surface area contributed by atoms with Crippen LogP contribution in [0, 0.1) is 10.8 Å². The Morgan fingerprint density at radius 2 is 1.37 bits per heavy atom. The van der Waals surface area contributed by atoms with Gasteiger partial charge in [-0.2, -0.15) is 0 Å². The molecule has 0 spiro atoms. The highest BCUT2D eigenvalue weighted by Crippen LogP contribution is 2.43. The quantitative estimate of drug-likeness (QED) is 0.385. The molecule has 0 heterocycles. The Balaban J connectivity index is 2.79. The van der Waals surface area contributed by atoms with Gasteiger partial charge in [-0.15, -0.1) is 0 Å². The van der Waals surface area contributed by atoms with Gasteiger partial charge < -0.3 is 9.47 Å². The van der Waals surface area contributed by atoms with Gasteiger partial charge in [0, 0.05) is 0 Å². The lowest BCUT2D eigenvalue weighted by Gasteiger charge is -2.36. The Bertz CT molecular complexity index is 513. The topological polar surface area (TPSA) is 18.5 Å². The van der Waals surface area contributed by atoms with Gasteiger partial charge in [0.05, 0.1) is 6.10 Å². The first-order valence-corrected chi connectivity index (χ1v) is 10.9. The lowest BCUT2D eigenvalue weighted by molar-refractivity contribution is -0.112. The van der Waals surface area contributed by atoms with Gasteiger partial charge in [-0.3, -0.25) is 0 Å². The smallest absolute Gasteiger partial charge is 0.197 e. The van der Waals surface area contributed by atoms with Gasteiger partial charge in [0.25, 0.3) is 0 Å². The van der Waals surface area contributed by atoms with Gasteiger partial charge in [-0.25, -0.2) is 0 Å². The Hall–Kier alpha value is -1.02. The van der Waals surface area contributed by atoms with Crippen LogP contribution in [0.25, 0.3) is 0 Å². The average Bonchev–Trinajstić information content (AvgIpc) is 2.52. The van der Waals surface area contributed by atoms with Crippen LogP contribution in [0.1, 0.15) is 106 Å². The van der Waals surface area contributed by atoms with E-state index < -0.39 is 0 Å². The van der Waals surface area contributed by atoms with E-state index in [-0.39, 0.29) is 11.7 Å². The number of benzene rings is 1. The predicted octanol–water partition coefficient (Wildman–Crippen LogP) is 7.96. The molecule has 1 rings (SSSR count). The zero-order chi connectivity index (χ0) is 20.7. The molecule has 2 atom stereocenters. The fraction of sp³-hybridized carbons (Fsp3) is 0.760. The van der Waals surface area contributed by atoms with E-state index in [0.717, 1.165) is 31.4 Å². The molecular formula is C25H44O2. The van der Waals surface area contributed by atoms with Crippen molar-refractivity contribution in [3.05, 3.63) is 29.8 Å². The van der Waals surface area contributed by atoms with Crippen molar-refractivity contribution in [1.82, 2.24) is 0 Å². The number of hydrogen-bond donors (Lipinski definition) is 0. The molecule has 0 fully saturated rings. The Morgan fingerprint density at radius 3 is 1.78 bits per heavy atom. The van der Waals surface area contributed by atoms with E-state index in [9.17, 15) is 0 Å². The second kappa shape index (κ2) is 10.5. The third-order valence-electron chi connectivity index (χ3n) is 5.05. The van der Waals surface area contributed by atoms with E-state index in [0.29, 0.717) is 17.4 Å². The zero-order valence-corrected chi connectivity index (χ0v) is 19.4. The summed E-state index contributed by atoms with van der Waals surface area (Å²) in [5, 5.41) is 0. The minimum absolute atomic E-state index is 0.216. The molecule has 0 bridgehead atoms. The molecule has 2 nitrogen and oxygen atoms in total. The van der Waals surface area contributed by atoms with Crippen LogP contribution >= 0.6 is 0 Å². The molecule has 0 saturated heterocycles. The molecule has 0 aromatic heterocycles. The summed E-state index contributed by atoms with van der Waals surface area (Å²) < 4.78 is 12.1. The highest BCUT2D eigenvalue weighted by Gasteiger charge is 2.30. The molecule has 1 aromatic carbocycles. The van der Waals surface area contributed by atoms with Crippen molar-refractivity contribution in [1.29, 1.82) is 0 Å². The first kappa shape index (κ1) is 24.0. The van der Waals surface area contributed by atoms with E-state index in [1.807, 2.05) is 6.92 Å². The highest BCUT2D eigenvalue weighted by molar-refractivity contribution is 5.30. The zero-order valence-electron chi connectivity index (χ0n) is 19.4. The molecule has 0 aliphatic carbocycles. The van der Waals surface area contributed by atoms with Crippen LogP contribution in [0.2, 0.25) is 0 Å². The van der Waals surface area contributed by atoms with Gasteiger partial charge in [0.1, 0.15) is 5.75 Å². The van der Waals surface area contributed by atoms with E-state index in [2.05, 4.69) is 79.7 Å². The van der Waals surface area contributed by atoms with Crippen molar-refractivity contribution in [3.8, 4) is 5.75 Å². The molecule has 0 amide bonds. The fourth-order valence-electron chi connectivity index (χ4n) is 3.73. The van der Waals surface area contributed by atoms with Gasteiger partial charge in [-0.1, -0.05) is 80.4 Å². The summed E-state index contributed by atoms with van der Waals surface area (Å²) in [5.41, 5.74) is 1.94. The SMILES string of the molecule is CCCC(CCC)OC(C)Oc1ccc(C(CC(C)(C)C)C(C)(C)C)cc1. The summed E-state index contributed by atoms with van der Waals surface area (Å²) >= 11 is 0. The summed E-state index contributed by atoms with van der Waals surface area (Å²) in [7, 11) is 0. The van der Waals surface area contributed by atoms with Crippen LogP contribution in [-0.2, 0) is 4.74 Å². The van der Waals surface area contributed by atoms with Gasteiger partial charge in [-0.05, 0) is 60.6 Å². The van der Waals surface area contributed by atoms with Crippen molar-refractivity contribution < 1.29 is 9.47 Å². The summed E-state index contributed by atoms with van der Waals surface area (Å²) in [4.78, 5) is 0. The van der Waals surface area contributed by atoms with Crippen molar-refractivity contribution in [2.45, 2.75) is 113 Å². The molecule has 0 radical (unpaired) electrons. The molecule has 1 aromatic rings. The predicted molar refractivity (Wildman–Crippen MR) is 117 cm³/mol. The van der Waals surface area contributed by atoms with Crippen molar-refractivity contribution in [2.75, 3.05) is 0 Å². The van der Waals surface area contributed by atoms with Crippen LogP contribution in [0.3, 0.4) is 0 Å². The summed E-state index contributed by atoms with van der Waals surface area (Å²) in [6.07, 6.45) is 5.74. The van der Waals surface area contributed by atoms with E-state index in [1.54, 1.807) is 0 Å². The van der Waals surface area contributed by atoms with Crippen LogP contribution in [0.5, 0.6) is 5.75 Å². The number of rotatable bonds is 10. The van der Waals surface area contributed by atoms with Crippen molar-refractivity contribution in [3.63, 3.8) is 0 Å². The fourth-order valence-corrected chi connectivity index (χ4v) is 3.73. The molecule has 0 saturated carbocycles. The maximum atomic E-state index is 6.11. The maximum Gasteiger partial charge on any atom is 0.197 e. The molecule has 0 aliphatic rings. The van der Waals surface area contributed by atoms with Gasteiger partial charge >= 0.3 is 0 Å². The van der Waals surface area contributed by atoms with Crippen LogP contribution in [0.15, 0.2) is 24.3 Å². The molecular weight excluding hydrogens is 332 g/mol. The maximum absolute atomic E-state index is 6.11. The van der Waals surface area contributed by atoms with E-state index in [4.69, 9.17) is 9.47 Å². The van der Waals surface area contributed by atoms with Gasteiger partial charge in [0.15, 0.2) is 6.29 Å². The Morgan fingerprint density at radius 1 is 0.852 bits per heavy atom. The van der Waals surface area contributed by atoms with Crippen LogP contribution in [-0.4, -0.2) is 12.4 Å². The standard InChI is InChI=1S/C25H44O2/c1-10-12-21(13-11-2)26-19(3)27-22-16-14-20(15-17-22)23(25(7,8)9)18-24(4,5)6/h14-17,19,21,23H,10-13,18H2,1-9H3. The molecule has 2 heteroatoms. The third kappa shape index (κ3) is 9.14. The largest absolute Gasteiger partial charge is 0.465 e. The van der Waals surface area contributed by atoms with E-state index >= 15 is 0 Å². The number of hydrogen-bond acceptors (Lipinski definition) is 2. The third-order valence-corrected chi connectivity index (χ3v) is 5.05. The Labute approximate surface area is 169 Å². The summed E-state index contributed by atoms with van der Waals surface area (Å²) in [6, 6.07) is 8.68. The van der Waals surface area contributed by atoms with Crippen LogP contribution in [0.4, 0.5) is 0 Å². The van der Waals surface area contributed by atoms with E-state index in [1.165, 1.54) is 12.0 Å². The molecule has 27 heavy (non-hydrogen) atoms. The summed E-state index contributed by atoms with van der Waals surface area (Å²) in [6.45, 7) is 20.4. The first-order chi connectivity index (χ1) is 12.5. The van der Waals surface area contributed by atoms with Crippen LogP contribution < -0.4 is 4.74 Å². The summed E-state index contributed by atoms with van der Waals surface area (Å²) in [5.74, 6) is 1.42. The molecule has 0 aliphatic heterocycles. The van der Waals surface area contributed by atoms with Gasteiger partial charge in [0.2, 0.25) is 0 Å². The normalized spacial score (nSPS) is 15.0. The minimum Gasteiger partial charge on any atom is -0.465 e. The number of ether oxygens (including phenoxy) is 2. The monoisotopic (exact) mass is 376 g/mol. The molecule has 0 N–H and O–H groups in total. The van der Waals surface area contributed by atoms with Crippen molar-refractivity contribution in [2.24, 2.45) is 10.8 Å². The minimum atomic E-state index is -0.216. The highest BCUT2D eigenvalue weighted by atomic mass is 16.7. The second-order valence-corrected chi connectivity index (χ2v) is 10.3. The lowest BCUT2D eigenvalue weighted by Crippen LogP contribution is -2.25. The molecule has 2 unspecified atom stereocenters. The van der Waals surface area contributed by atoms with Crippen molar-refractivity contribution >= 4 is 0 Å². The lowest BCUT2D eigenvalue weighted by atomic mass is 9.69. The molecule has 156 valence electrons. The first-order valence-electron chi connectivity index (χ1n) is 10.9. The Kier molecular flexibility index (Phi) is 9.34. The average molecular weight is 377 g/mol. The second-order valence-electron chi connectivity index (χ2n) is 10.3.